The topological polar surface area (TPSA) is 13.1 Å². The van der Waals surface area contributed by atoms with Crippen molar-refractivity contribution in [2.24, 2.45) is 0 Å². The number of rotatable bonds is 2. The van der Waals surface area contributed by atoms with Crippen LogP contribution in [-0.4, -0.2) is 0 Å². The Bertz CT molecular complexity index is 948. The standard InChI is InChI=1S/C21H18OS/c1-13-4-8-16(9-5-13)19-10-11-20(23-19)18-12-17-14(2)6-7-15(3)21(17)22-18/h4-12H,1-3H3. The van der Waals surface area contributed by atoms with Crippen LogP contribution in [0.5, 0.6) is 0 Å². The molecule has 0 spiro atoms. The van der Waals surface area contributed by atoms with Gasteiger partial charge in [-0.25, -0.2) is 0 Å². The van der Waals surface area contributed by atoms with Crippen molar-refractivity contribution in [2.75, 3.05) is 0 Å². The number of hydrogen-bond donors (Lipinski definition) is 0. The van der Waals surface area contributed by atoms with Crippen LogP contribution in [0.25, 0.3) is 32.0 Å². The van der Waals surface area contributed by atoms with Crippen molar-refractivity contribution in [1.29, 1.82) is 0 Å². The summed E-state index contributed by atoms with van der Waals surface area (Å²) in [7, 11) is 0. The summed E-state index contributed by atoms with van der Waals surface area (Å²) in [6, 6.07) is 19.4. The molecule has 0 radical (unpaired) electrons. The fraction of sp³-hybridized carbons (Fsp3) is 0.143. The quantitative estimate of drug-likeness (QED) is 0.398. The Hall–Kier alpha value is -2.32. The lowest BCUT2D eigenvalue weighted by Crippen LogP contribution is -1.76. The molecule has 0 aliphatic heterocycles. The molecule has 2 heterocycles. The second-order valence-electron chi connectivity index (χ2n) is 6.08. The molecule has 0 aliphatic carbocycles. The van der Waals surface area contributed by atoms with E-state index in [1.54, 1.807) is 11.3 Å². The number of thiophene rings is 1. The van der Waals surface area contributed by atoms with Crippen LogP contribution in [0.3, 0.4) is 0 Å². The smallest absolute Gasteiger partial charge is 0.145 e. The van der Waals surface area contributed by atoms with Gasteiger partial charge < -0.3 is 4.42 Å². The molecule has 0 amide bonds. The largest absolute Gasteiger partial charge is 0.455 e. The van der Waals surface area contributed by atoms with Crippen molar-refractivity contribution in [3.05, 3.63) is 71.3 Å². The van der Waals surface area contributed by atoms with Crippen LogP contribution in [0.1, 0.15) is 16.7 Å². The summed E-state index contributed by atoms with van der Waals surface area (Å²) in [6.45, 7) is 6.34. The van der Waals surface area contributed by atoms with Gasteiger partial charge >= 0.3 is 0 Å². The Kier molecular flexibility index (Phi) is 3.35. The first-order valence-corrected chi connectivity index (χ1v) is 8.60. The highest BCUT2D eigenvalue weighted by Crippen LogP contribution is 2.38. The van der Waals surface area contributed by atoms with Gasteiger partial charge in [-0.2, -0.15) is 0 Å². The zero-order chi connectivity index (χ0) is 16.0. The van der Waals surface area contributed by atoms with Gasteiger partial charge in [0.25, 0.3) is 0 Å². The van der Waals surface area contributed by atoms with Crippen LogP contribution in [-0.2, 0) is 0 Å². The van der Waals surface area contributed by atoms with Crippen molar-refractivity contribution in [2.45, 2.75) is 20.8 Å². The minimum absolute atomic E-state index is 0.959. The van der Waals surface area contributed by atoms with Gasteiger partial charge in [-0.1, -0.05) is 42.0 Å². The zero-order valence-electron chi connectivity index (χ0n) is 13.5. The van der Waals surface area contributed by atoms with Gasteiger partial charge in [-0.05, 0) is 55.7 Å². The molecule has 2 aromatic carbocycles. The third-order valence-corrected chi connectivity index (χ3v) is 5.43. The molecule has 0 unspecified atom stereocenters. The average molecular weight is 318 g/mol. The van der Waals surface area contributed by atoms with Crippen LogP contribution in [0.15, 0.2) is 59.0 Å². The van der Waals surface area contributed by atoms with Crippen LogP contribution >= 0.6 is 11.3 Å². The van der Waals surface area contributed by atoms with E-state index in [1.165, 1.54) is 37.4 Å². The van der Waals surface area contributed by atoms with E-state index in [0.29, 0.717) is 0 Å². The fourth-order valence-corrected chi connectivity index (χ4v) is 3.82. The van der Waals surface area contributed by atoms with Gasteiger partial charge in [-0.3, -0.25) is 0 Å². The van der Waals surface area contributed by atoms with Gasteiger partial charge in [0.2, 0.25) is 0 Å². The second kappa shape index (κ2) is 5.39. The normalized spacial score (nSPS) is 11.3. The molecule has 2 aromatic heterocycles. The molecule has 0 saturated heterocycles. The zero-order valence-corrected chi connectivity index (χ0v) is 14.3. The Labute approximate surface area is 140 Å². The fourth-order valence-electron chi connectivity index (χ4n) is 2.86. The minimum atomic E-state index is 0.959. The summed E-state index contributed by atoms with van der Waals surface area (Å²) < 4.78 is 6.14. The van der Waals surface area contributed by atoms with E-state index in [0.717, 1.165) is 11.3 Å². The molecule has 1 nitrogen and oxygen atoms in total. The van der Waals surface area contributed by atoms with Gasteiger partial charge in [0.1, 0.15) is 11.3 Å². The predicted molar refractivity (Wildman–Crippen MR) is 99.2 cm³/mol. The van der Waals surface area contributed by atoms with E-state index in [2.05, 4.69) is 75.4 Å². The Morgan fingerprint density at radius 3 is 2.17 bits per heavy atom. The maximum Gasteiger partial charge on any atom is 0.145 e. The number of benzene rings is 2. The predicted octanol–water partition coefficient (Wildman–Crippen LogP) is 6.75. The lowest BCUT2D eigenvalue weighted by molar-refractivity contribution is 0.630. The van der Waals surface area contributed by atoms with E-state index in [9.17, 15) is 0 Å². The SMILES string of the molecule is Cc1ccc(-c2ccc(-c3cc4c(C)ccc(C)c4o3)s2)cc1. The van der Waals surface area contributed by atoms with Gasteiger partial charge in [0, 0.05) is 10.3 Å². The maximum atomic E-state index is 6.14. The summed E-state index contributed by atoms with van der Waals surface area (Å²) in [5.41, 5.74) is 6.00. The third-order valence-electron chi connectivity index (χ3n) is 4.28. The Balaban J connectivity index is 1.78. The maximum absolute atomic E-state index is 6.14. The van der Waals surface area contributed by atoms with Gasteiger partial charge in [0.05, 0.1) is 4.88 Å². The Morgan fingerprint density at radius 2 is 1.43 bits per heavy atom. The molecule has 4 aromatic rings. The molecule has 0 aliphatic rings. The van der Waals surface area contributed by atoms with E-state index in [1.807, 2.05) is 0 Å². The third kappa shape index (κ3) is 2.49. The van der Waals surface area contributed by atoms with Crippen molar-refractivity contribution < 1.29 is 4.42 Å². The summed E-state index contributed by atoms with van der Waals surface area (Å²) in [4.78, 5) is 2.45. The first kappa shape index (κ1) is 14.3. The van der Waals surface area contributed by atoms with Gasteiger partial charge in [0.15, 0.2) is 0 Å². The molecular weight excluding hydrogens is 300 g/mol. The number of furan rings is 1. The molecule has 4 rings (SSSR count). The van der Waals surface area contributed by atoms with E-state index < -0.39 is 0 Å². The molecule has 0 fully saturated rings. The van der Waals surface area contributed by atoms with E-state index in [-0.39, 0.29) is 0 Å². The van der Waals surface area contributed by atoms with Crippen LogP contribution in [0.2, 0.25) is 0 Å². The van der Waals surface area contributed by atoms with Crippen LogP contribution in [0.4, 0.5) is 0 Å². The summed E-state index contributed by atoms with van der Waals surface area (Å²) >= 11 is 1.78. The number of aryl methyl sites for hydroxylation is 3. The molecule has 0 saturated carbocycles. The number of hydrogen-bond acceptors (Lipinski definition) is 2. The first-order valence-electron chi connectivity index (χ1n) is 7.79. The molecule has 0 bridgehead atoms. The molecule has 0 atom stereocenters. The second-order valence-corrected chi connectivity index (χ2v) is 7.17. The monoisotopic (exact) mass is 318 g/mol. The summed E-state index contributed by atoms with van der Waals surface area (Å²) in [5, 5.41) is 1.21. The minimum Gasteiger partial charge on any atom is -0.455 e. The highest BCUT2D eigenvalue weighted by Gasteiger charge is 2.12. The lowest BCUT2D eigenvalue weighted by atomic mass is 10.1. The molecular formula is C21H18OS. The molecule has 114 valence electrons. The van der Waals surface area contributed by atoms with Crippen molar-refractivity contribution in [1.82, 2.24) is 0 Å². The molecule has 2 heteroatoms. The van der Waals surface area contributed by atoms with Crippen LogP contribution < -0.4 is 0 Å². The summed E-state index contributed by atoms with van der Waals surface area (Å²) in [5.74, 6) is 0.959. The highest BCUT2D eigenvalue weighted by atomic mass is 32.1. The molecule has 23 heavy (non-hydrogen) atoms. The van der Waals surface area contributed by atoms with E-state index >= 15 is 0 Å². The Morgan fingerprint density at radius 1 is 0.739 bits per heavy atom. The van der Waals surface area contributed by atoms with Crippen molar-refractivity contribution in [3.63, 3.8) is 0 Å². The lowest BCUT2D eigenvalue weighted by Gasteiger charge is -1.97. The first-order chi connectivity index (χ1) is 11.1. The van der Waals surface area contributed by atoms with Crippen molar-refractivity contribution in [3.8, 4) is 21.1 Å². The van der Waals surface area contributed by atoms with Gasteiger partial charge in [-0.15, -0.1) is 11.3 Å². The number of fused-ring (bicyclic) bond motifs is 1. The highest BCUT2D eigenvalue weighted by molar-refractivity contribution is 7.18. The average Bonchev–Trinajstić information content (AvgIpc) is 3.19. The van der Waals surface area contributed by atoms with Crippen molar-refractivity contribution >= 4 is 22.3 Å². The summed E-state index contributed by atoms with van der Waals surface area (Å²) in [6.07, 6.45) is 0. The van der Waals surface area contributed by atoms with Crippen LogP contribution in [0, 0.1) is 20.8 Å². The van der Waals surface area contributed by atoms with E-state index in [4.69, 9.17) is 4.42 Å². The molecule has 0 N–H and O–H groups in total.